The van der Waals surface area contributed by atoms with Crippen molar-refractivity contribution in [3.63, 3.8) is 0 Å². The van der Waals surface area contributed by atoms with E-state index in [1.54, 1.807) is 13.0 Å². The summed E-state index contributed by atoms with van der Waals surface area (Å²) in [5.41, 5.74) is -0.238. The van der Waals surface area contributed by atoms with E-state index in [2.05, 4.69) is 5.32 Å². The second-order valence-electron chi connectivity index (χ2n) is 4.99. The third-order valence-electron chi connectivity index (χ3n) is 2.72. The van der Waals surface area contributed by atoms with Gasteiger partial charge in [-0.2, -0.15) is 0 Å². The Morgan fingerprint density at radius 2 is 2.05 bits per heavy atom. The molecule has 0 heterocycles. The molecule has 0 spiro atoms. The largest absolute Gasteiger partial charge is 0.496 e. The Bertz CT molecular complexity index is 516. The van der Waals surface area contributed by atoms with Crippen LogP contribution in [0.1, 0.15) is 20.8 Å². The van der Waals surface area contributed by atoms with E-state index < -0.39 is 11.0 Å². The first-order valence-electron chi connectivity index (χ1n) is 6.62. The van der Waals surface area contributed by atoms with Crippen molar-refractivity contribution in [1.29, 1.82) is 0 Å². The van der Waals surface area contributed by atoms with E-state index in [4.69, 9.17) is 9.47 Å². The van der Waals surface area contributed by atoms with Crippen molar-refractivity contribution in [2.24, 2.45) is 5.92 Å². The summed E-state index contributed by atoms with van der Waals surface area (Å²) in [5, 5.41) is 13.7. The molecule has 0 saturated heterocycles. The second-order valence-corrected chi connectivity index (χ2v) is 4.99. The number of nitrogens with one attached hydrogen (secondary N) is 1. The van der Waals surface area contributed by atoms with Crippen molar-refractivity contribution in [3.05, 3.63) is 28.3 Å². The van der Waals surface area contributed by atoms with Crippen LogP contribution < -0.4 is 14.8 Å². The highest BCUT2D eigenvalue weighted by Crippen LogP contribution is 2.31. The van der Waals surface area contributed by atoms with Crippen LogP contribution in [0.5, 0.6) is 11.5 Å². The van der Waals surface area contributed by atoms with Crippen molar-refractivity contribution in [3.8, 4) is 11.5 Å². The number of nitro groups is 1. The van der Waals surface area contributed by atoms with Crippen LogP contribution in [-0.2, 0) is 4.79 Å². The van der Waals surface area contributed by atoms with Crippen molar-refractivity contribution >= 4 is 11.6 Å². The fourth-order valence-corrected chi connectivity index (χ4v) is 1.56. The van der Waals surface area contributed by atoms with Crippen molar-refractivity contribution in [1.82, 2.24) is 5.32 Å². The van der Waals surface area contributed by atoms with Crippen LogP contribution >= 0.6 is 0 Å². The molecular formula is C14H20N2O5. The predicted molar refractivity (Wildman–Crippen MR) is 77.6 cm³/mol. The minimum atomic E-state index is -0.823. The number of hydrogen-bond donors (Lipinski definition) is 1. The van der Waals surface area contributed by atoms with Crippen molar-refractivity contribution in [2.45, 2.75) is 26.9 Å². The maximum absolute atomic E-state index is 11.8. The van der Waals surface area contributed by atoms with Gasteiger partial charge in [-0.3, -0.25) is 14.9 Å². The molecule has 1 aromatic carbocycles. The molecule has 0 radical (unpaired) electrons. The van der Waals surface area contributed by atoms with Gasteiger partial charge in [-0.05, 0) is 25.0 Å². The lowest BCUT2D eigenvalue weighted by Gasteiger charge is -2.16. The topological polar surface area (TPSA) is 90.7 Å². The van der Waals surface area contributed by atoms with Crippen LogP contribution in [0.4, 0.5) is 5.69 Å². The van der Waals surface area contributed by atoms with Crippen LogP contribution in [0.15, 0.2) is 18.2 Å². The first-order chi connectivity index (χ1) is 9.85. The van der Waals surface area contributed by atoms with E-state index in [0.29, 0.717) is 18.2 Å². The van der Waals surface area contributed by atoms with Crippen LogP contribution in [0, 0.1) is 16.0 Å². The Morgan fingerprint density at radius 3 is 2.57 bits per heavy atom. The summed E-state index contributed by atoms with van der Waals surface area (Å²) in [7, 11) is 1.42. The summed E-state index contributed by atoms with van der Waals surface area (Å²) < 4.78 is 10.3. The number of nitro benzene ring substituents is 1. The number of carbonyl (C=O) groups excluding carboxylic acids is 1. The first kappa shape index (κ1) is 16.7. The van der Waals surface area contributed by atoms with Crippen LogP contribution in [0.2, 0.25) is 0 Å². The zero-order valence-electron chi connectivity index (χ0n) is 12.6. The van der Waals surface area contributed by atoms with Crippen LogP contribution in [0.3, 0.4) is 0 Å². The van der Waals surface area contributed by atoms with Gasteiger partial charge in [0, 0.05) is 6.54 Å². The number of carbonyl (C=O) groups is 1. The Morgan fingerprint density at radius 1 is 1.38 bits per heavy atom. The highest BCUT2D eigenvalue weighted by atomic mass is 16.6. The third-order valence-corrected chi connectivity index (χ3v) is 2.72. The van der Waals surface area contributed by atoms with Crippen molar-refractivity contribution in [2.75, 3.05) is 13.7 Å². The molecule has 1 rings (SSSR count). The number of methoxy groups -OCH3 is 1. The monoisotopic (exact) mass is 296 g/mol. The molecule has 1 aromatic rings. The molecule has 0 bridgehead atoms. The molecule has 116 valence electrons. The quantitative estimate of drug-likeness (QED) is 0.615. The molecule has 7 heteroatoms. The van der Waals surface area contributed by atoms with Gasteiger partial charge in [0.15, 0.2) is 11.9 Å². The minimum absolute atomic E-state index is 0.0352. The summed E-state index contributed by atoms with van der Waals surface area (Å²) >= 11 is 0. The standard InChI is InChI=1S/C14H20N2O5/c1-9(2)8-15-14(17)10(3)21-13-6-5-11(20-4)7-12(13)16(18)19/h5-7,9-10H,8H2,1-4H3,(H,15,17)/t10-/m1/s1. The smallest absolute Gasteiger partial charge is 0.314 e. The van der Waals surface area contributed by atoms with Gasteiger partial charge in [0.1, 0.15) is 5.75 Å². The number of nitrogens with zero attached hydrogens (tertiary/aromatic N) is 1. The van der Waals surface area contributed by atoms with Gasteiger partial charge in [0.05, 0.1) is 18.1 Å². The molecular weight excluding hydrogens is 276 g/mol. The first-order valence-corrected chi connectivity index (χ1v) is 6.62. The molecule has 1 amide bonds. The molecule has 0 saturated carbocycles. The normalized spacial score (nSPS) is 11.9. The summed E-state index contributed by atoms with van der Waals surface area (Å²) in [4.78, 5) is 22.3. The predicted octanol–water partition coefficient (Wildman–Crippen LogP) is 2.14. The lowest BCUT2D eigenvalue weighted by molar-refractivity contribution is -0.386. The molecule has 21 heavy (non-hydrogen) atoms. The Labute approximate surface area is 123 Å². The van der Waals surface area contributed by atoms with Gasteiger partial charge in [-0.25, -0.2) is 0 Å². The molecule has 0 fully saturated rings. The zero-order chi connectivity index (χ0) is 16.0. The van der Waals surface area contributed by atoms with Crippen LogP contribution in [-0.4, -0.2) is 30.6 Å². The third kappa shape index (κ3) is 4.94. The van der Waals surface area contributed by atoms with Gasteiger partial charge in [-0.15, -0.1) is 0 Å². The molecule has 0 aliphatic carbocycles. The number of amides is 1. The Hall–Kier alpha value is -2.31. The SMILES string of the molecule is COc1ccc(O[C@H](C)C(=O)NCC(C)C)c([N+](=O)[O-])c1. The van der Waals surface area contributed by atoms with E-state index >= 15 is 0 Å². The van der Waals surface area contributed by atoms with Gasteiger partial charge in [-0.1, -0.05) is 13.8 Å². The number of benzene rings is 1. The van der Waals surface area contributed by atoms with E-state index in [1.807, 2.05) is 13.8 Å². The molecule has 7 nitrogen and oxygen atoms in total. The summed E-state index contributed by atoms with van der Waals surface area (Å²) in [6.07, 6.45) is -0.823. The molecule has 0 aliphatic heterocycles. The summed E-state index contributed by atoms with van der Waals surface area (Å²) in [5.74, 6) is 0.393. The Kier molecular flexibility index (Phi) is 5.95. The minimum Gasteiger partial charge on any atom is -0.496 e. The van der Waals surface area contributed by atoms with E-state index in [1.165, 1.54) is 19.2 Å². The maximum Gasteiger partial charge on any atom is 0.314 e. The van der Waals surface area contributed by atoms with Crippen LogP contribution in [0.25, 0.3) is 0 Å². The fourth-order valence-electron chi connectivity index (χ4n) is 1.56. The van der Waals surface area contributed by atoms with Crippen molar-refractivity contribution < 1.29 is 19.2 Å². The van der Waals surface area contributed by atoms with Gasteiger partial charge < -0.3 is 14.8 Å². The lowest BCUT2D eigenvalue weighted by Crippen LogP contribution is -2.38. The van der Waals surface area contributed by atoms with Gasteiger partial charge in [0.25, 0.3) is 5.91 Å². The van der Waals surface area contributed by atoms with Gasteiger partial charge >= 0.3 is 5.69 Å². The Balaban J connectivity index is 2.82. The van der Waals surface area contributed by atoms with E-state index in [-0.39, 0.29) is 17.3 Å². The molecule has 1 N–H and O–H groups in total. The van der Waals surface area contributed by atoms with Gasteiger partial charge in [0.2, 0.25) is 0 Å². The molecule has 0 aromatic heterocycles. The highest BCUT2D eigenvalue weighted by Gasteiger charge is 2.21. The maximum atomic E-state index is 11.8. The lowest BCUT2D eigenvalue weighted by atomic mass is 10.2. The fraction of sp³-hybridized carbons (Fsp3) is 0.500. The summed E-state index contributed by atoms with van der Waals surface area (Å²) in [6, 6.07) is 4.22. The zero-order valence-corrected chi connectivity index (χ0v) is 12.6. The molecule has 0 aliphatic rings. The average molecular weight is 296 g/mol. The van der Waals surface area contributed by atoms with E-state index in [9.17, 15) is 14.9 Å². The number of hydrogen-bond acceptors (Lipinski definition) is 5. The average Bonchev–Trinajstić information content (AvgIpc) is 2.44. The number of rotatable bonds is 7. The summed E-state index contributed by atoms with van der Waals surface area (Å²) in [6.45, 7) is 6.01. The molecule has 0 unspecified atom stereocenters. The molecule has 1 atom stereocenters. The van der Waals surface area contributed by atoms with E-state index in [0.717, 1.165) is 0 Å². The number of ether oxygens (including phenoxy) is 2. The highest BCUT2D eigenvalue weighted by molar-refractivity contribution is 5.80. The second kappa shape index (κ2) is 7.47.